The molecule has 0 bridgehead atoms. The first-order valence-corrected chi connectivity index (χ1v) is 12.9. The molecule has 2 amide bonds. The Labute approximate surface area is 233 Å². The molecular weight excluding hydrogens is 548 g/mol. The molecular formula is C27H21ClN2O6S2. The van der Waals surface area contributed by atoms with Crippen molar-refractivity contribution >= 4 is 63.8 Å². The van der Waals surface area contributed by atoms with E-state index in [9.17, 15) is 14.4 Å². The molecule has 194 valence electrons. The van der Waals surface area contributed by atoms with Crippen LogP contribution in [0.3, 0.4) is 0 Å². The van der Waals surface area contributed by atoms with E-state index in [1.165, 1.54) is 6.92 Å². The van der Waals surface area contributed by atoms with E-state index in [0.717, 1.165) is 22.3 Å². The van der Waals surface area contributed by atoms with Crippen molar-refractivity contribution in [1.82, 2.24) is 10.4 Å². The Morgan fingerprint density at radius 2 is 1.84 bits per heavy atom. The lowest BCUT2D eigenvalue weighted by molar-refractivity contribution is -0.144. The highest BCUT2D eigenvalue weighted by Crippen LogP contribution is 2.32. The molecule has 2 N–H and O–H groups in total. The van der Waals surface area contributed by atoms with Crippen LogP contribution in [0.1, 0.15) is 28.4 Å². The van der Waals surface area contributed by atoms with Crippen LogP contribution in [0, 0.1) is 0 Å². The van der Waals surface area contributed by atoms with Crippen LogP contribution in [0.2, 0.25) is 5.02 Å². The summed E-state index contributed by atoms with van der Waals surface area (Å²) >= 11 is 12.5. The number of hydrazine groups is 1. The summed E-state index contributed by atoms with van der Waals surface area (Å²) in [6.45, 7) is 1.70. The van der Waals surface area contributed by atoms with Crippen LogP contribution in [-0.4, -0.2) is 38.3 Å². The van der Waals surface area contributed by atoms with Crippen LogP contribution in [0.5, 0.6) is 11.5 Å². The summed E-state index contributed by atoms with van der Waals surface area (Å²) < 4.78 is 11.3. The Morgan fingerprint density at radius 1 is 1.11 bits per heavy atom. The van der Waals surface area contributed by atoms with Crippen molar-refractivity contribution in [2.24, 2.45) is 0 Å². The van der Waals surface area contributed by atoms with Crippen LogP contribution in [0.15, 0.2) is 77.7 Å². The van der Waals surface area contributed by atoms with Gasteiger partial charge in [-0.05, 0) is 73.2 Å². The molecule has 38 heavy (non-hydrogen) atoms. The Bertz CT molecular complexity index is 1430. The lowest BCUT2D eigenvalue weighted by atomic mass is 10.2. The zero-order valence-electron chi connectivity index (χ0n) is 19.9. The molecule has 1 saturated heterocycles. The molecule has 1 heterocycles. The van der Waals surface area contributed by atoms with E-state index in [1.807, 2.05) is 18.2 Å². The third kappa shape index (κ3) is 6.71. The topological polar surface area (TPSA) is 105 Å². The zero-order valence-corrected chi connectivity index (χ0v) is 22.3. The molecule has 1 aliphatic rings. The van der Waals surface area contributed by atoms with Crippen molar-refractivity contribution in [2.75, 3.05) is 0 Å². The molecule has 4 rings (SSSR count). The fourth-order valence-corrected chi connectivity index (χ4v) is 4.66. The highest BCUT2D eigenvalue weighted by molar-refractivity contribution is 8.26. The lowest BCUT2D eigenvalue weighted by Gasteiger charge is -2.16. The number of thiocarbonyl (C=S) groups is 1. The number of nitrogens with one attached hydrogen (secondary N) is 1. The fraction of sp³-hybridized carbons (Fsp3) is 0.111. The summed E-state index contributed by atoms with van der Waals surface area (Å²) in [4.78, 5) is 37.0. The minimum atomic E-state index is -1.09. The van der Waals surface area contributed by atoms with Gasteiger partial charge in [0.1, 0.15) is 18.1 Å². The standard InChI is InChI=1S/C27H21ClN2O6S2/c1-16(26(33)34)36-21-7-4-5-17(13-21)14-23-25(32)30(27(37)38-23)29-24(31)18-9-11-20(12-10-18)35-15-19-6-2-3-8-22(19)28/h2-14,16H,15H2,1H3,(H,29,31)(H,33,34)/b23-14+. The van der Waals surface area contributed by atoms with Crippen molar-refractivity contribution in [3.8, 4) is 11.5 Å². The largest absolute Gasteiger partial charge is 0.489 e. The predicted molar refractivity (Wildman–Crippen MR) is 149 cm³/mol. The number of ether oxygens (including phenoxy) is 2. The van der Waals surface area contributed by atoms with E-state index < -0.39 is 23.9 Å². The predicted octanol–water partition coefficient (Wildman–Crippen LogP) is 5.32. The molecule has 1 atom stereocenters. The van der Waals surface area contributed by atoms with Gasteiger partial charge in [-0.3, -0.25) is 15.0 Å². The van der Waals surface area contributed by atoms with Crippen LogP contribution in [0.4, 0.5) is 0 Å². The van der Waals surface area contributed by atoms with Gasteiger partial charge < -0.3 is 14.6 Å². The number of hydrogen-bond donors (Lipinski definition) is 2. The molecule has 0 aliphatic carbocycles. The van der Waals surface area contributed by atoms with Gasteiger partial charge in [-0.25, -0.2) is 4.79 Å². The summed E-state index contributed by atoms with van der Waals surface area (Å²) in [5.74, 6) is -1.20. The molecule has 0 aromatic heterocycles. The number of halogens is 1. The average Bonchev–Trinajstić information content (AvgIpc) is 3.15. The maximum atomic E-state index is 12.9. The van der Waals surface area contributed by atoms with Gasteiger partial charge in [-0.1, -0.05) is 53.7 Å². The van der Waals surface area contributed by atoms with Crippen molar-refractivity contribution in [3.05, 3.63) is 99.4 Å². The van der Waals surface area contributed by atoms with Crippen molar-refractivity contribution in [2.45, 2.75) is 19.6 Å². The minimum absolute atomic E-state index is 0.168. The second-order valence-electron chi connectivity index (χ2n) is 8.03. The Morgan fingerprint density at radius 3 is 2.55 bits per heavy atom. The Kier molecular flexibility index (Phi) is 8.67. The van der Waals surface area contributed by atoms with Crippen LogP contribution in [0.25, 0.3) is 6.08 Å². The molecule has 0 saturated carbocycles. The summed E-state index contributed by atoms with van der Waals surface area (Å²) in [7, 11) is 0. The van der Waals surface area contributed by atoms with Gasteiger partial charge >= 0.3 is 5.97 Å². The maximum Gasteiger partial charge on any atom is 0.344 e. The van der Waals surface area contributed by atoms with Crippen molar-refractivity contribution in [3.63, 3.8) is 0 Å². The molecule has 11 heteroatoms. The van der Waals surface area contributed by atoms with E-state index in [-0.39, 0.29) is 10.9 Å². The number of nitrogens with zero attached hydrogens (tertiary/aromatic N) is 1. The van der Waals surface area contributed by atoms with E-state index in [4.69, 9.17) is 38.4 Å². The smallest absolute Gasteiger partial charge is 0.344 e. The number of hydrogen-bond acceptors (Lipinski definition) is 7. The van der Waals surface area contributed by atoms with Crippen molar-refractivity contribution in [1.29, 1.82) is 0 Å². The number of amides is 2. The van der Waals surface area contributed by atoms with Gasteiger partial charge in [-0.2, -0.15) is 5.01 Å². The van der Waals surface area contributed by atoms with Crippen LogP contribution in [-0.2, 0) is 16.2 Å². The number of thioether (sulfide) groups is 1. The highest BCUT2D eigenvalue weighted by atomic mass is 35.5. The normalized spacial score (nSPS) is 14.9. The number of benzene rings is 3. The third-order valence-electron chi connectivity index (χ3n) is 5.29. The summed E-state index contributed by atoms with van der Waals surface area (Å²) in [6.07, 6.45) is 0.566. The van der Waals surface area contributed by atoms with Gasteiger partial charge in [0.2, 0.25) is 0 Å². The van der Waals surface area contributed by atoms with Crippen LogP contribution >= 0.6 is 35.6 Å². The second-order valence-corrected chi connectivity index (χ2v) is 10.1. The average molecular weight is 569 g/mol. The first-order valence-electron chi connectivity index (χ1n) is 11.3. The third-order valence-corrected chi connectivity index (χ3v) is 6.96. The van der Waals surface area contributed by atoms with Crippen molar-refractivity contribution < 1.29 is 29.0 Å². The lowest BCUT2D eigenvalue weighted by Crippen LogP contribution is -2.44. The zero-order chi connectivity index (χ0) is 27.2. The molecule has 3 aromatic rings. The summed E-state index contributed by atoms with van der Waals surface area (Å²) in [6, 6.07) is 20.5. The molecule has 1 fully saturated rings. The van der Waals surface area contributed by atoms with E-state index in [2.05, 4.69) is 5.43 Å². The van der Waals surface area contributed by atoms with Crippen LogP contribution < -0.4 is 14.9 Å². The fourth-order valence-electron chi connectivity index (χ4n) is 3.29. The van der Waals surface area contributed by atoms with Gasteiger partial charge in [0.05, 0.1) is 4.91 Å². The van der Waals surface area contributed by atoms with Gasteiger partial charge in [0.15, 0.2) is 10.4 Å². The summed E-state index contributed by atoms with van der Waals surface area (Å²) in [5, 5.41) is 10.7. The molecule has 3 aromatic carbocycles. The number of aliphatic carboxylic acids is 1. The molecule has 0 spiro atoms. The molecule has 8 nitrogen and oxygen atoms in total. The van der Waals surface area contributed by atoms with Gasteiger partial charge in [-0.15, -0.1) is 0 Å². The van der Waals surface area contributed by atoms with E-state index in [0.29, 0.717) is 32.6 Å². The monoisotopic (exact) mass is 568 g/mol. The van der Waals surface area contributed by atoms with E-state index >= 15 is 0 Å². The second kappa shape index (κ2) is 12.1. The molecule has 0 radical (unpaired) electrons. The van der Waals surface area contributed by atoms with Gasteiger partial charge in [0.25, 0.3) is 11.8 Å². The molecule has 1 unspecified atom stereocenters. The number of carbonyl (C=O) groups excluding carboxylic acids is 2. The quantitative estimate of drug-likeness (QED) is 0.264. The Balaban J connectivity index is 1.38. The van der Waals surface area contributed by atoms with E-state index in [1.54, 1.807) is 60.7 Å². The number of carboxylic acid groups (broad SMARTS) is 1. The maximum absolute atomic E-state index is 12.9. The first-order chi connectivity index (χ1) is 18.2. The Hall–Kier alpha value is -3.86. The number of carboxylic acids is 1. The number of rotatable bonds is 9. The van der Waals surface area contributed by atoms with Gasteiger partial charge in [0, 0.05) is 16.1 Å². The SMILES string of the molecule is CC(Oc1cccc(/C=C2/SC(=S)N(NC(=O)c3ccc(OCc4ccccc4Cl)cc3)C2=O)c1)C(=O)O. The summed E-state index contributed by atoms with van der Waals surface area (Å²) in [5.41, 5.74) is 4.30. The minimum Gasteiger partial charge on any atom is -0.489 e. The first kappa shape index (κ1) is 27.2. The molecule has 1 aliphatic heterocycles. The highest BCUT2D eigenvalue weighted by Gasteiger charge is 2.33. The number of carbonyl (C=O) groups is 3.